The van der Waals surface area contributed by atoms with E-state index in [1.54, 1.807) is 0 Å². The molecule has 0 N–H and O–H groups in total. The first-order valence-electron chi connectivity index (χ1n) is 4.25. The third-order valence-electron chi connectivity index (χ3n) is 3.21. The van der Waals surface area contributed by atoms with Gasteiger partial charge >= 0.3 is 23.9 Å². The molecule has 2 saturated heterocycles. The van der Waals surface area contributed by atoms with E-state index in [9.17, 15) is 19.2 Å². The van der Waals surface area contributed by atoms with Crippen molar-refractivity contribution in [1.82, 2.24) is 0 Å². The van der Waals surface area contributed by atoms with Gasteiger partial charge < -0.3 is 9.47 Å². The molecule has 6 nitrogen and oxygen atoms in total. The summed E-state index contributed by atoms with van der Waals surface area (Å²) < 4.78 is 8.59. The fourth-order valence-electron chi connectivity index (χ4n) is 2.42. The number of fused-ring (bicyclic) bond motifs is 4. The molecule has 1 saturated carbocycles. The van der Waals surface area contributed by atoms with Crippen LogP contribution in [0.2, 0.25) is 0 Å². The standard InChI is InChI=1S/C8H2Cl2O6/c9-7-1(3(11)15-5(7)13)2-4(12)16-6(14)8(2,7)10/h1-2H. The van der Waals surface area contributed by atoms with Gasteiger partial charge in [-0.1, -0.05) is 0 Å². The summed E-state index contributed by atoms with van der Waals surface area (Å²) in [5.41, 5.74) is 0. The van der Waals surface area contributed by atoms with E-state index < -0.39 is 45.5 Å². The summed E-state index contributed by atoms with van der Waals surface area (Å²) in [7, 11) is 0. The molecule has 0 amide bonds. The van der Waals surface area contributed by atoms with Crippen molar-refractivity contribution in [2.24, 2.45) is 11.8 Å². The Hall–Kier alpha value is -1.14. The quantitative estimate of drug-likeness (QED) is 0.329. The Balaban J connectivity index is 2.21. The molecule has 2 heterocycles. The highest BCUT2D eigenvalue weighted by Gasteiger charge is 2.90. The molecular formula is C8H2Cl2O6. The minimum absolute atomic E-state index is 0.951. The van der Waals surface area contributed by atoms with E-state index in [0.717, 1.165) is 0 Å². The fraction of sp³-hybridized carbons (Fsp3) is 0.500. The summed E-state index contributed by atoms with van der Waals surface area (Å²) in [4.78, 5) is 41.3. The second kappa shape index (κ2) is 2.41. The van der Waals surface area contributed by atoms with Crippen LogP contribution in [0.4, 0.5) is 0 Å². The first-order chi connectivity index (χ1) is 7.35. The second-order valence-electron chi connectivity index (χ2n) is 3.80. The molecule has 0 radical (unpaired) electrons. The lowest BCUT2D eigenvalue weighted by Gasteiger charge is -2.47. The zero-order valence-electron chi connectivity index (χ0n) is 7.36. The van der Waals surface area contributed by atoms with Crippen LogP contribution >= 0.6 is 23.2 Å². The first kappa shape index (κ1) is 10.0. The topological polar surface area (TPSA) is 86.7 Å². The number of cyclic esters (lactones) is 4. The van der Waals surface area contributed by atoms with E-state index in [-0.39, 0.29) is 0 Å². The molecule has 2 aliphatic heterocycles. The minimum atomic E-state index is -2.01. The SMILES string of the molecule is O=C1OC(=O)C2(Cl)C1C1C(=O)OC(=O)C12Cl. The molecular weight excluding hydrogens is 263 g/mol. The van der Waals surface area contributed by atoms with Crippen LogP contribution in [0.15, 0.2) is 0 Å². The van der Waals surface area contributed by atoms with Crippen LogP contribution in [-0.4, -0.2) is 33.6 Å². The van der Waals surface area contributed by atoms with Crippen molar-refractivity contribution < 1.29 is 28.7 Å². The minimum Gasteiger partial charge on any atom is -0.391 e. The Morgan fingerprint density at radius 3 is 1.44 bits per heavy atom. The van der Waals surface area contributed by atoms with E-state index in [1.807, 2.05) is 0 Å². The Morgan fingerprint density at radius 1 is 0.812 bits per heavy atom. The predicted octanol–water partition coefficient (Wildman–Crippen LogP) is -0.646. The Labute approximate surface area is 97.8 Å². The number of esters is 4. The Bertz CT molecular complexity index is 443. The molecule has 1 aliphatic carbocycles. The first-order valence-corrected chi connectivity index (χ1v) is 5.00. The number of alkyl halides is 2. The second-order valence-corrected chi connectivity index (χ2v) is 4.99. The number of halogens is 2. The van der Waals surface area contributed by atoms with Crippen molar-refractivity contribution >= 4 is 47.1 Å². The summed E-state index contributed by atoms with van der Waals surface area (Å²) in [6.45, 7) is 0. The van der Waals surface area contributed by atoms with E-state index in [1.165, 1.54) is 0 Å². The summed E-state index contributed by atoms with van der Waals surface area (Å²) in [5.74, 6) is -6.60. The third kappa shape index (κ3) is 0.673. The van der Waals surface area contributed by atoms with Gasteiger partial charge in [-0.15, -0.1) is 23.2 Å². The zero-order chi connectivity index (χ0) is 11.9. The van der Waals surface area contributed by atoms with Crippen molar-refractivity contribution in [3.8, 4) is 0 Å². The lowest BCUT2D eigenvalue weighted by molar-refractivity contribution is -0.158. The van der Waals surface area contributed by atoms with E-state index in [2.05, 4.69) is 9.47 Å². The molecule has 84 valence electrons. The molecule has 3 rings (SSSR count). The van der Waals surface area contributed by atoms with Crippen molar-refractivity contribution in [3.63, 3.8) is 0 Å². The maximum Gasteiger partial charge on any atom is 0.338 e. The summed E-state index contributed by atoms with van der Waals surface area (Å²) >= 11 is 11.7. The molecule has 16 heavy (non-hydrogen) atoms. The van der Waals surface area contributed by atoms with Gasteiger partial charge in [-0.3, -0.25) is 9.59 Å². The molecule has 0 aromatic heterocycles. The van der Waals surface area contributed by atoms with E-state index >= 15 is 0 Å². The molecule has 3 fully saturated rings. The molecule has 4 unspecified atom stereocenters. The van der Waals surface area contributed by atoms with Gasteiger partial charge in [0.15, 0.2) is 9.75 Å². The van der Waals surface area contributed by atoms with Gasteiger partial charge in [0.05, 0.1) is 0 Å². The van der Waals surface area contributed by atoms with Crippen LogP contribution in [0.3, 0.4) is 0 Å². The third-order valence-corrected chi connectivity index (χ3v) is 4.68. The van der Waals surface area contributed by atoms with Crippen LogP contribution in [0.5, 0.6) is 0 Å². The molecule has 3 aliphatic rings. The maximum atomic E-state index is 11.4. The van der Waals surface area contributed by atoms with Gasteiger partial charge in [-0.2, -0.15) is 0 Å². The largest absolute Gasteiger partial charge is 0.391 e. The monoisotopic (exact) mass is 264 g/mol. The van der Waals surface area contributed by atoms with Gasteiger partial charge in [-0.25, -0.2) is 9.59 Å². The highest BCUT2D eigenvalue weighted by molar-refractivity contribution is 6.54. The lowest BCUT2D eigenvalue weighted by Crippen LogP contribution is -2.73. The Morgan fingerprint density at radius 2 is 1.12 bits per heavy atom. The van der Waals surface area contributed by atoms with E-state index in [0.29, 0.717) is 0 Å². The number of ether oxygens (including phenoxy) is 2. The number of rotatable bonds is 0. The van der Waals surface area contributed by atoms with Crippen LogP contribution < -0.4 is 0 Å². The van der Waals surface area contributed by atoms with Crippen molar-refractivity contribution in [2.75, 3.05) is 0 Å². The average Bonchev–Trinajstić information content (AvgIpc) is 2.49. The van der Waals surface area contributed by atoms with Gasteiger partial charge in [0.2, 0.25) is 0 Å². The van der Waals surface area contributed by atoms with Crippen molar-refractivity contribution in [2.45, 2.75) is 9.75 Å². The van der Waals surface area contributed by atoms with Gasteiger partial charge in [0.25, 0.3) is 0 Å². The Kier molecular flexibility index (Phi) is 1.51. The predicted molar refractivity (Wildman–Crippen MR) is 46.3 cm³/mol. The maximum absolute atomic E-state index is 11.4. The zero-order valence-corrected chi connectivity index (χ0v) is 8.87. The molecule has 0 bridgehead atoms. The van der Waals surface area contributed by atoms with Gasteiger partial charge in [0, 0.05) is 0 Å². The highest BCUT2D eigenvalue weighted by atomic mass is 35.5. The lowest BCUT2D eigenvalue weighted by atomic mass is 9.57. The number of hydrogen-bond acceptors (Lipinski definition) is 6. The summed E-state index contributed by atoms with van der Waals surface area (Å²) in [5, 5.41) is 0. The molecule has 8 heteroatoms. The average molecular weight is 265 g/mol. The van der Waals surface area contributed by atoms with Gasteiger partial charge in [-0.05, 0) is 0 Å². The van der Waals surface area contributed by atoms with Crippen molar-refractivity contribution in [3.05, 3.63) is 0 Å². The van der Waals surface area contributed by atoms with Crippen LogP contribution in [-0.2, 0) is 28.7 Å². The molecule has 0 aromatic rings. The molecule has 0 aromatic carbocycles. The molecule has 4 atom stereocenters. The fourth-order valence-corrected chi connectivity index (χ4v) is 3.32. The van der Waals surface area contributed by atoms with Crippen LogP contribution in [0.1, 0.15) is 0 Å². The smallest absolute Gasteiger partial charge is 0.338 e. The number of hydrogen-bond donors (Lipinski definition) is 0. The molecule has 0 spiro atoms. The van der Waals surface area contributed by atoms with Crippen LogP contribution in [0, 0.1) is 11.8 Å². The number of carbonyl (C=O) groups is 4. The summed E-state index contributed by atoms with van der Waals surface area (Å²) in [6, 6.07) is 0. The summed E-state index contributed by atoms with van der Waals surface area (Å²) in [6.07, 6.45) is 0. The normalized spacial score (nSPS) is 49.4. The van der Waals surface area contributed by atoms with E-state index in [4.69, 9.17) is 23.2 Å². The number of carbonyl (C=O) groups excluding carboxylic acids is 4. The highest BCUT2D eigenvalue weighted by Crippen LogP contribution is 2.66. The van der Waals surface area contributed by atoms with Gasteiger partial charge in [0.1, 0.15) is 11.8 Å². The van der Waals surface area contributed by atoms with Crippen LogP contribution in [0.25, 0.3) is 0 Å². The van der Waals surface area contributed by atoms with Crippen molar-refractivity contribution in [1.29, 1.82) is 0 Å².